The molecule has 2 aromatic heterocycles. The van der Waals surface area contributed by atoms with Crippen LogP contribution in [0.5, 0.6) is 0 Å². The molecule has 5 heteroatoms. The lowest BCUT2D eigenvalue weighted by atomic mass is 10.3. The normalized spacial score (nSPS) is 10.5. The lowest BCUT2D eigenvalue weighted by molar-refractivity contribution is 0.791. The SMILES string of the molecule is c1ccc(NCCCCNc2cnc3ccccc3n2)nc1. The molecule has 3 aromatic rings. The van der Waals surface area contributed by atoms with Gasteiger partial charge in [0.2, 0.25) is 0 Å². The Hall–Kier alpha value is -2.69. The number of hydrogen-bond acceptors (Lipinski definition) is 5. The van der Waals surface area contributed by atoms with Crippen LogP contribution < -0.4 is 10.6 Å². The van der Waals surface area contributed by atoms with Crippen molar-refractivity contribution in [2.24, 2.45) is 0 Å². The fraction of sp³-hybridized carbons (Fsp3) is 0.235. The molecule has 112 valence electrons. The quantitative estimate of drug-likeness (QED) is 0.654. The smallest absolute Gasteiger partial charge is 0.145 e. The monoisotopic (exact) mass is 293 g/mol. The van der Waals surface area contributed by atoms with E-state index >= 15 is 0 Å². The van der Waals surface area contributed by atoms with Crippen molar-refractivity contribution >= 4 is 22.7 Å². The minimum absolute atomic E-state index is 0.830. The second kappa shape index (κ2) is 7.36. The molecule has 0 radical (unpaired) electrons. The van der Waals surface area contributed by atoms with Crippen LogP contribution in [0.1, 0.15) is 12.8 Å². The van der Waals surface area contributed by atoms with Gasteiger partial charge in [-0.1, -0.05) is 18.2 Å². The predicted molar refractivity (Wildman–Crippen MR) is 90.0 cm³/mol. The molecule has 0 aliphatic carbocycles. The van der Waals surface area contributed by atoms with Crippen LogP contribution in [0.3, 0.4) is 0 Å². The van der Waals surface area contributed by atoms with Gasteiger partial charge >= 0.3 is 0 Å². The van der Waals surface area contributed by atoms with Crippen LogP contribution >= 0.6 is 0 Å². The van der Waals surface area contributed by atoms with E-state index in [4.69, 9.17) is 0 Å². The Labute approximate surface area is 129 Å². The van der Waals surface area contributed by atoms with Gasteiger partial charge in [-0.2, -0.15) is 0 Å². The highest BCUT2D eigenvalue weighted by atomic mass is 15.0. The van der Waals surface area contributed by atoms with Crippen molar-refractivity contribution in [2.75, 3.05) is 23.7 Å². The second-order valence-electron chi connectivity index (χ2n) is 5.02. The first-order valence-corrected chi connectivity index (χ1v) is 7.52. The van der Waals surface area contributed by atoms with Crippen LogP contribution in [0.4, 0.5) is 11.6 Å². The van der Waals surface area contributed by atoms with Gasteiger partial charge < -0.3 is 10.6 Å². The molecule has 0 atom stereocenters. The second-order valence-corrected chi connectivity index (χ2v) is 5.02. The summed E-state index contributed by atoms with van der Waals surface area (Å²) in [5.74, 6) is 1.76. The van der Waals surface area contributed by atoms with Crippen LogP contribution in [0.15, 0.2) is 54.9 Å². The maximum Gasteiger partial charge on any atom is 0.145 e. The molecule has 5 nitrogen and oxygen atoms in total. The van der Waals surface area contributed by atoms with Gasteiger partial charge in [-0.05, 0) is 37.1 Å². The fourth-order valence-electron chi connectivity index (χ4n) is 2.19. The Balaban J connectivity index is 1.39. The van der Waals surface area contributed by atoms with Crippen LogP contribution in [0.25, 0.3) is 11.0 Å². The molecule has 0 unspecified atom stereocenters. The van der Waals surface area contributed by atoms with Crippen LogP contribution in [0.2, 0.25) is 0 Å². The van der Waals surface area contributed by atoms with E-state index in [-0.39, 0.29) is 0 Å². The zero-order chi connectivity index (χ0) is 15.0. The Bertz CT molecular complexity index is 714. The molecule has 0 bridgehead atoms. The third kappa shape index (κ3) is 3.91. The Kier molecular flexibility index (Phi) is 4.77. The number of nitrogens with zero attached hydrogens (tertiary/aromatic N) is 3. The maximum absolute atomic E-state index is 4.54. The van der Waals surface area contributed by atoms with Gasteiger partial charge in [0.05, 0.1) is 17.2 Å². The maximum atomic E-state index is 4.54. The summed E-state index contributed by atoms with van der Waals surface area (Å²) in [5.41, 5.74) is 1.84. The molecule has 3 rings (SSSR count). The third-order valence-electron chi connectivity index (χ3n) is 3.33. The van der Waals surface area contributed by atoms with E-state index in [1.165, 1.54) is 0 Å². The molecule has 0 aliphatic rings. The molecule has 2 heterocycles. The van der Waals surface area contributed by atoms with Gasteiger partial charge in [-0.25, -0.2) is 9.97 Å². The third-order valence-corrected chi connectivity index (χ3v) is 3.33. The molecule has 0 saturated carbocycles. The molecular formula is C17H19N5. The largest absolute Gasteiger partial charge is 0.370 e. The molecular weight excluding hydrogens is 274 g/mol. The van der Waals surface area contributed by atoms with Crippen molar-refractivity contribution in [3.05, 3.63) is 54.9 Å². The Morgan fingerprint density at radius 2 is 1.45 bits per heavy atom. The lowest BCUT2D eigenvalue weighted by Gasteiger charge is -2.07. The molecule has 0 saturated heterocycles. The van der Waals surface area contributed by atoms with E-state index in [1.54, 1.807) is 12.4 Å². The summed E-state index contributed by atoms with van der Waals surface area (Å²) in [5, 5.41) is 6.62. The summed E-state index contributed by atoms with van der Waals surface area (Å²) in [7, 11) is 0. The van der Waals surface area contributed by atoms with Crippen molar-refractivity contribution in [2.45, 2.75) is 12.8 Å². The van der Waals surface area contributed by atoms with E-state index in [2.05, 4.69) is 25.6 Å². The number of hydrogen-bond donors (Lipinski definition) is 2. The van der Waals surface area contributed by atoms with Crippen molar-refractivity contribution in [1.29, 1.82) is 0 Å². The van der Waals surface area contributed by atoms with E-state index in [0.29, 0.717) is 0 Å². The van der Waals surface area contributed by atoms with Gasteiger partial charge in [-0.3, -0.25) is 4.98 Å². The predicted octanol–water partition coefficient (Wildman–Crippen LogP) is 3.33. The first-order chi connectivity index (χ1) is 10.9. The zero-order valence-corrected chi connectivity index (χ0v) is 12.4. The molecule has 0 spiro atoms. The average Bonchev–Trinajstić information content (AvgIpc) is 2.59. The summed E-state index contributed by atoms with van der Waals surface area (Å²) < 4.78 is 0. The summed E-state index contributed by atoms with van der Waals surface area (Å²) in [6.07, 6.45) is 5.72. The standard InChI is InChI=1S/C17H19N5/c1-2-8-15-14(7-1)21-13-17(22-15)20-12-6-5-11-19-16-9-3-4-10-18-16/h1-4,7-10,13H,5-6,11-12H2,(H,18,19)(H,20,22). The Morgan fingerprint density at radius 3 is 2.23 bits per heavy atom. The number of rotatable bonds is 7. The van der Waals surface area contributed by atoms with E-state index in [9.17, 15) is 0 Å². The van der Waals surface area contributed by atoms with Gasteiger partial charge in [0.1, 0.15) is 11.6 Å². The number of para-hydroxylation sites is 2. The fourth-order valence-corrected chi connectivity index (χ4v) is 2.19. The lowest BCUT2D eigenvalue weighted by Crippen LogP contribution is -2.08. The number of pyridine rings is 1. The molecule has 0 fully saturated rings. The highest BCUT2D eigenvalue weighted by Gasteiger charge is 1.98. The summed E-state index contributed by atoms with van der Waals surface area (Å²) in [6.45, 7) is 1.80. The minimum Gasteiger partial charge on any atom is -0.370 e. The van der Waals surface area contributed by atoms with Crippen LogP contribution in [0, 0.1) is 0 Å². The molecule has 1 aromatic carbocycles. The van der Waals surface area contributed by atoms with E-state index in [0.717, 1.165) is 48.6 Å². The molecule has 2 N–H and O–H groups in total. The number of benzene rings is 1. The van der Waals surface area contributed by atoms with Crippen LogP contribution in [-0.4, -0.2) is 28.0 Å². The van der Waals surface area contributed by atoms with Crippen molar-refractivity contribution < 1.29 is 0 Å². The number of aromatic nitrogens is 3. The Morgan fingerprint density at radius 1 is 0.727 bits per heavy atom. The zero-order valence-electron chi connectivity index (χ0n) is 12.4. The average molecular weight is 293 g/mol. The molecule has 22 heavy (non-hydrogen) atoms. The number of nitrogens with one attached hydrogen (secondary N) is 2. The van der Waals surface area contributed by atoms with E-state index in [1.807, 2.05) is 42.5 Å². The summed E-state index contributed by atoms with van der Waals surface area (Å²) in [6, 6.07) is 13.8. The van der Waals surface area contributed by atoms with E-state index < -0.39 is 0 Å². The van der Waals surface area contributed by atoms with Gasteiger partial charge in [0.15, 0.2) is 0 Å². The first-order valence-electron chi connectivity index (χ1n) is 7.52. The van der Waals surface area contributed by atoms with Crippen molar-refractivity contribution in [1.82, 2.24) is 15.0 Å². The number of fused-ring (bicyclic) bond motifs is 1. The topological polar surface area (TPSA) is 62.7 Å². The van der Waals surface area contributed by atoms with Crippen molar-refractivity contribution in [3.8, 4) is 0 Å². The van der Waals surface area contributed by atoms with Crippen molar-refractivity contribution in [3.63, 3.8) is 0 Å². The highest BCUT2D eigenvalue weighted by Crippen LogP contribution is 2.11. The summed E-state index contributed by atoms with van der Waals surface area (Å²) >= 11 is 0. The first kappa shape index (κ1) is 14.3. The van der Waals surface area contributed by atoms with Gasteiger partial charge in [0, 0.05) is 19.3 Å². The number of anilines is 2. The number of unbranched alkanes of at least 4 members (excludes halogenated alkanes) is 1. The minimum atomic E-state index is 0.830. The molecule has 0 amide bonds. The molecule has 0 aliphatic heterocycles. The van der Waals surface area contributed by atoms with Gasteiger partial charge in [-0.15, -0.1) is 0 Å². The van der Waals surface area contributed by atoms with Crippen LogP contribution in [-0.2, 0) is 0 Å². The summed E-state index contributed by atoms with van der Waals surface area (Å²) in [4.78, 5) is 13.2. The van der Waals surface area contributed by atoms with Gasteiger partial charge in [0.25, 0.3) is 0 Å². The highest BCUT2D eigenvalue weighted by molar-refractivity contribution is 5.75.